The van der Waals surface area contributed by atoms with Crippen LogP contribution in [0.3, 0.4) is 0 Å². The Labute approximate surface area is 372 Å². The molecule has 65 heavy (non-hydrogen) atoms. The van der Waals surface area contributed by atoms with Crippen molar-refractivity contribution in [2.45, 2.75) is 6.17 Å². The molecule has 0 radical (unpaired) electrons. The molecule has 10 aromatic carbocycles. The predicted molar refractivity (Wildman–Crippen MR) is 269 cm³/mol. The maximum Gasteiger partial charge on any atom is 0.159 e. The maximum absolute atomic E-state index is 6.86. The van der Waals surface area contributed by atoms with Crippen molar-refractivity contribution in [1.82, 2.24) is 14.5 Å². The summed E-state index contributed by atoms with van der Waals surface area (Å²) in [6.45, 7) is 0. The average Bonchev–Trinajstić information content (AvgIpc) is 4.04. The molecule has 0 bridgehead atoms. The number of aromatic nitrogens is 2. The van der Waals surface area contributed by atoms with Gasteiger partial charge in [-0.1, -0.05) is 152 Å². The second kappa shape index (κ2) is 13.9. The normalized spacial score (nSPS) is 14.3. The minimum absolute atomic E-state index is 0.356. The van der Waals surface area contributed by atoms with E-state index in [0.717, 1.165) is 72.3 Å². The van der Waals surface area contributed by atoms with Crippen molar-refractivity contribution in [3.05, 3.63) is 229 Å². The molecular formula is C59H37N5O. The molecule has 6 heteroatoms. The van der Waals surface area contributed by atoms with E-state index in [-0.39, 0.29) is 6.17 Å². The highest BCUT2D eigenvalue weighted by molar-refractivity contribution is 6.25. The zero-order chi connectivity index (χ0) is 42.6. The monoisotopic (exact) mass is 831 g/mol. The Kier molecular flexibility index (Phi) is 7.65. The van der Waals surface area contributed by atoms with E-state index in [0.29, 0.717) is 5.84 Å². The van der Waals surface area contributed by atoms with Crippen LogP contribution in [0.2, 0.25) is 0 Å². The Morgan fingerprint density at radius 3 is 1.82 bits per heavy atom. The van der Waals surface area contributed by atoms with Crippen LogP contribution in [0.1, 0.15) is 22.9 Å². The number of hydrogen-bond acceptors (Lipinski definition) is 4. The molecule has 1 N–H and O–H groups in total. The first-order chi connectivity index (χ1) is 32.2. The molecule has 13 aromatic rings. The first-order valence-electron chi connectivity index (χ1n) is 22.1. The molecule has 14 rings (SSSR count). The molecule has 0 spiro atoms. The number of fused-ring (bicyclic) bond motifs is 12. The van der Waals surface area contributed by atoms with Crippen LogP contribution in [0.15, 0.2) is 227 Å². The van der Waals surface area contributed by atoms with E-state index in [2.05, 4.69) is 227 Å². The van der Waals surface area contributed by atoms with Gasteiger partial charge in [-0.15, -0.1) is 0 Å². The van der Waals surface area contributed by atoms with Gasteiger partial charge in [0.05, 0.1) is 33.1 Å². The van der Waals surface area contributed by atoms with Crippen molar-refractivity contribution >= 4 is 98.8 Å². The topological polar surface area (TPSA) is 59.8 Å². The number of nitrogens with zero attached hydrogens (tertiary/aromatic N) is 4. The van der Waals surface area contributed by atoms with Crippen LogP contribution in [0.25, 0.3) is 98.5 Å². The molecule has 4 heterocycles. The summed E-state index contributed by atoms with van der Waals surface area (Å²) in [7, 11) is 0. The molecule has 0 amide bonds. The smallest absolute Gasteiger partial charge is 0.159 e. The van der Waals surface area contributed by atoms with Gasteiger partial charge in [0.1, 0.15) is 23.2 Å². The van der Waals surface area contributed by atoms with Crippen molar-refractivity contribution < 1.29 is 4.42 Å². The van der Waals surface area contributed by atoms with Gasteiger partial charge in [-0.25, -0.2) is 9.98 Å². The van der Waals surface area contributed by atoms with E-state index >= 15 is 0 Å². The van der Waals surface area contributed by atoms with Gasteiger partial charge < -0.3 is 18.9 Å². The van der Waals surface area contributed by atoms with Crippen LogP contribution in [0.4, 0.5) is 0 Å². The minimum Gasteiger partial charge on any atom is -0.456 e. The standard InChI is InChI=1S/C59H37N5O/c1-2-17-43(18-3-1)63-49-21-10-8-19-44(49)46-31-32-47-45-20-9-11-22-50(45)64(56(47)55(46)63)51-23-12-24-52-54(51)48-30-29-42(35-53(48)65-52)59-61-57(40-27-25-36-13-4-6-15-38(36)33-40)60-58(62-59)41-28-26-37-14-5-7-16-39(37)34-41/h1-35,57H,(H,60,61,62). The molecule has 1 aliphatic rings. The summed E-state index contributed by atoms with van der Waals surface area (Å²) in [5.74, 6) is 1.42. The van der Waals surface area contributed by atoms with Gasteiger partial charge >= 0.3 is 0 Å². The molecule has 6 nitrogen and oxygen atoms in total. The lowest BCUT2D eigenvalue weighted by Crippen LogP contribution is -2.33. The number of para-hydroxylation sites is 3. The molecule has 1 aliphatic heterocycles. The van der Waals surface area contributed by atoms with Gasteiger partial charge in [-0.2, -0.15) is 0 Å². The lowest BCUT2D eigenvalue weighted by atomic mass is 10.0. The average molecular weight is 832 g/mol. The van der Waals surface area contributed by atoms with E-state index in [1.54, 1.807) is 0 Å². The Bertz CT molecular complexity index is 4170. The lowest BCUT2D eigenvalue weighted by Gasteiger charge is -2.24. The highest BCUT2D eigenvalue weighted by atomic mass is 16.3. The molecule has 1 atom stereocenters. The van der Waals surface area contributed by atoms with E-state index in [4.69, 9.17) is 14.4 Å². The fourth-order valence-corrected chi connectivity index (χ4v) is 10.3. The number of amidine groups is 2. The van der Waals surface area contributed by atoms with Gasteiger partial charge in [0, 0.05) is 43.7 Å². The number of furan rings is 1. The summed E-state index contributed by atoms with van der Waals surface area (Å²) in [5, 5.41) is 15.3. The highest BCUT2D eigenvalue weighted by Gasteiger charge is 2.25. The molecule has 3 aromatic heterocycles. The van der Waals surface area contributed by atoms with Crippen molar-refractivity contribution in [3.8, 4) is 11.4 Å². The van der Waals surface area contributed by atoms with Crippen LogP contribution in [0.5, 0.6) is 0 Å². The second-order valence-electron chi connectivity index (χ2n) is 17.0. The number of nitrogens with one attached hydrogen (secondary N) is 1. The van der Waals surface area contributed by atoms with Crippen LogP contribution in [0, 0.1) is 0 Å². The third kappa shape index (κ3) is 5.47. The molecule has 0 aliphatic carbocycles. The predicted octanol–water partition coefficient (Wildman–Crippen LogP) is 14.6. The van der Waals surface area contributed by atoms with Crippen LogP contribution >= 0.6 is 0 Å². The Morgan fingerprint density at radius 2 is 1.05 bits per heavy atom. The summed E-state index contributed by atoms with van der Waals surface area (Å²) in [5.41, 5.74) is 11.4. The Morgan fingerprint density at radius 1 is 0.431 bits per heavy atom. The molecule has 0 saturated heterocycles. The molecule has 1 unspecified atom stereocenters. The summed E-state index contributed by atoms with van der Waals surface area (Å²) < 4.78 is 11.8. The van der Waals surface area contributed by atoms with Crippen LogP contribution in [-0.2, 0) is 0 Å². The second-order valence-corrected chi connectivity index (χ2v) is 17.0. The molecule has 304 valence electrons. The van der Waals surface area contributed by atoms with E-state index in [9.17, 15) is 0 Å². The first-order valence-corrected chi connectivity index (χ1v) is 22.1. The SMILES string of the molecule is c1ccc(-n2c3ccccc3c3ccc4c5ccccc5n(-c5cccc6oc7cc(C8=NC(c9ccc%10ccccc%10c9)=NC(c9ccc%10ccccc%10c9)N8)ccc7c56)c4c32)cc1. The van der Waals surface area contributed by atoms with Crippen molar-refractivity contribution in [2.75, 3.05) is 0 Å². The Balaban J connectivity index is 0.969. The van der Waals surface area contributed by atoms with Gasteiger partial charge in [0.2, 0.25) is 0 Å². The number of aliphatic imine (C=N–C) groups is 2. The van der Waals surface area contributed by atoms with E-state index in [1.807, 2.05) is 0 Å². The molecular weight excluding hydrogens is 795 g/mol. The van der Waals surface area contributed by atoms with Crippen molar-refractivity contribution in [3.63, 3.8) is 0 Å². The largest absolute Gasteiger partial charge is 0.456 e. The van der Waals surface area contributed by atoms with E-state index < -0.39 is 0 Å². The van der Waals surface area contributed by atoms with E-state index in [1.165, 1.54) is 48.7 Å². The summed E-state index contributed by atoms with van der Waals surface area (Å²) >= 11 is 0. The molecule has 0 saturated carbocycles. The lowest BCUT2D eigenvalue weighted by molar-refractivity contribution is 0.666. The third-order valence-corrected chi connectivity index (χ3v) is 13.3. The van der Waals surface area contributed by atoms with Gasteiger partial charge in [-0.3, -0.25) is 0 Å². The summed E-state index contributed by atoms with van der Waals surface area (Å²) in [6, 6.07) is 75.6. The van der Waals surface area contributed by atoms with Crippen molar-refractivity contribution in [2.24, 2.45) is 9.98 Å². The number of benzene rings is 10. The number of hydrogen-bond donors (Lipinski definition) is 1. The first kappa shape index (κ1) is 35.8. The zero-order valence-corrected chi connectivity index (χ0v) is 35.0. The summed E-state index contributed by atoms with van der Waals surface area (Å²) in [4.78, 5) is 10.5. The highest BCUT2D eigenvalue weighted by Crippen LogP contribution is 2.44. The van der Waals surface area contributed by atoms with Gasteiger partial charge in [0.15, 0.2) is 5.84 Å². The van der Waals surface area contributed by atoms with Crippen molar-refractivity contribution in [1.29, 1.82) is 0 Å². The van der Waals surface area contributed by atoms with Crippen LogP contribution in [-0.4, -0.2) is 20.8 Å². The van der Waals surface area contributed by atoms with Crippen LogP contribution < -0.4 is 5.32 Å². The fourth-order valence-electron chi connectivity index (χ4n) is 10.3. The quantitative estimate of drug-likeness (QED) is 0.188. The summed E-state index contributed by atoms with van der Waals surface area (Å²) in [6.07, 6.45) is -0.356. The van der Waals surface area contributed by atoms with Gasteiger partial charge in [-0.05, 0) is 87.8 Å². The minimum atomic E-state index is -0.356. The third-order valence-electron chi connectivity index (χ3n) is 13.3. The van der Waals surface area contributed by atoms with Gasteiger partial charge in [0.25, 0.3) is 0 Å². The molecule has 0 fully saturated rings. The Hall–Kier alpha value is -8.74. The zero-order valence-electron chi connectivity index (χ0n) is 35.0. The maximum atomic E-state index is 6.86. The number of rotatable bonds is 5. The fraction of sp³-hybridized carbons (Fsp3) is 0.0169.